The van der Waals surface area contributed by atoms with Crippen molar-refractivity contribution in [1.29, 1.82) is 0 Å². The molecule has 0 aromatic heterocycles. The fourth-order valence-corrected chi connectivity index (χ4v) is 3.69. The van der Waals surface area contributed by atoms with Crippen LogP contribution in [0.1, 0.15) is 27.6 Å². The fraction of sp³-hybridized carbons (Fsp3) is 0.250. The van der Waals surface area contributed by atoms with Crippen LogP contribution in [0.4, 0.5) is 0 Å². The Morgan fingerprint density at radius 1 is 1.20 bits per heavy atom. The molecule has 0 fully saturated rings. The van der Waals surface area contributed by atoms with Crippen LogP contribution in [0.5, 0.6) is 5.75 Å². The second-order valence-electron chi connectivity index (χ2n) is 5.01. The summed E-state index contributed by atoms with van der Waals surface area (Å²) in [5.41, 5.74) is 4.30. The number of alkyl halides is 1. The Hall–Kier alpha value is -0.700. The molecule has 2 aromatic rings. The van der Waals surface area contributed by atoms with Crippen molar-refractivity contribution in [3.05, 3.63) is 62.1 Å². The van der Waals surface area contributed by atoms with Gasteiger partial charge in [-0.2, -0.15) is 0 Å². The van der Waals surface area contributed by atoms with E-state index in [-0.39, 0.29) is 5.38 Å². The SMILES string of the molecule is Cc1cc(Cl)cc(C(Cl)c2cc(Br)cc3c2OCC3)c1. The van der Waals surface area contributed by atoms with E-state index in [0.29, 0.717) is 5.02 Å². The molecule has 0 saturated carbocycles. The van der Waals surface area contributed by atoms with Crippen molar-refractivity contribution in [2.45, 2.75) is 18.7 Å². The van der Waals surface area contributed by atoms with Crippen molar-refractivity contribution in [3.63, 3.8) is 0 Å². The number of benzene rings is 2. The van der Waals surface area contributed by atoms with Crippen molar-refractivity contribution in [2.75, 3.05) is 6.61 Å². The molecule has 2 aromatic carbocycles. The van der Waals surface area contributed by atoms with Gasteiger partial charge in [-0.25, -0.2) is 0 Å². The summed E-state index contributed by atoms with van der Waals surface area (Å²) in [7, 11) is 0. The van der Waals surface area contributed by atoms with Gasteiger partial charge in [0.25, 0.3) is 0 Å². The number of hydrogen-bond donors (Lipinski definition) is 0. The minimum absolute atomic E-state index is 0.267. The van der Waals surface area contributed by atoms with Gasteiger partial charge in [-0.15, -0.1) is 11.6 Å². The van der Waals surface area contributed by atoms with Gasteiger partial charge in [0.15, 0.2) is 0 Å². The third kappa shape index (κ3) is 2.69. The Labute approximate surface area is 137 Å². The van der Waals surface area contributed by atoms with Gasteiger partial charge in [0.2, 0.25) is 0 Å². The van der Waals surface area contributed by atoms with E-state index in [4.69, 9.17) is 27.9 Å². The van der Waals surface area contributed by atoms with E-state index >= 15 is 0 Å². The Balaban J connectivity index is 2.08. The first kappa shape index (κ1) is 14.2. The lowest BCUT2D eigenvalue weighted by Crippen LogP contribution is -1.98. The number of halogens is 3. The molecule has 0 bridgehead atoms. The lowest BCUT2D eigenvalue weighted by atomic mass is 9.99. The minimum atomic E-state index is -0.267. The van der Waals surface area contributed by atoms with Gasteiger partial charge in [-0.05, 0) is 47.9 Å². The lowest BCUT2D eigenvalue weighted by molar-refractivity contribution is 0.353. The molecule has 4 heteroatoms. The zero-order valence-corrected chi connectivity index (χ0v) is 14.0. The highest BCUT2D eigenvalue weighted by molar-refractivity contribution is 9.10. The first-order chi connectivity index (χ1) is 9.54. The summed E-state index contributed by atoms with van der Waals surface area (Å²) in [5.74, 6) is 0.922. The van der Waals surface area contributed by atoms with Crippen LogP contribution in [0.15, 0.2) is 34.8 Å². The summed E-state index contributed by atoms with van der Waals surface area (Å²) in [5, 5.41) is 0.440. The fourth-order valence-electron chi connectivity index (χ4n) is 2.58. The zero-order chi connectivity index (χ0) is 14.3. The third-order valence-corrected chi connectivity index (χ3v) is 4.57. The molecule has 1 heterocycles. The lowest BCUT2D eigenvalue weighted by Gasteiger charge is -2.16. The second kappa shape index (κ2) is 5.59. The molecule has 20 heavy (non-hydrogen) atoms. The maximum atomic E-state index is 6.67. The Bertz CT molecular complexity index is 650. The molecule has 1 atom stereocenters. The van der Waals surface area contributed by atoms with Crippen molar-refractivity contribution >= 4 is 39.1 Å². The summed E-state index contributed by atoms with van der Waals surface area (Å²) < 4.78 is 6.78. The molecule has 0 radical (unpaired) electrons. The van der Waals surface area contributed by atoms with Crippen LogP contribution in [-0.2, 0) is 6.42 Å². The Morgan fingerprint density at radius 3 is 2.75 bits per heavy atom. The van der Waals surface area contributed by atoms with Crippen LogP contribution in [0.25, 0.3) is 0 Å². The molecule has 1 unspecified atom stereocenters. The van der Waals surface area contributed by atoms with E-state index in [1.54, 1.807) is 0 Å². The van der Waals surface area contributed by atoms with E-state index in [0.717, 1.165) is 39.9 Å². The molecule has 1 aliphatic rings. The zero-order valence-electron chi connectivity index (χ0n) is 10.9. The predicted octanol–water partition coefficient (Wildman–Crippen LogP) is 5.67. The highest BCUT2D eigenvalue weighted by Gasteiger charge is 2.23. The molecule has 1 aliphatic heterocycles. The largest absolute Gasteiger partial charge is 0.493 e. The van der Waals surface area contributed by atoms with E-state index in [1.165, 1.54) is 5.56 Å². The van der Waals surface area contributed by atoms with Gasteiger partial charge in [0.05, 0.1) is 12.0 Å². The summed E-state index contributed by atoms with van der Waals surface area (Å²) in [6.07, 6.45) is 0.931. The Morgan fingerprint density at radius 2 is 2.00 bits per heavy atom. The maximum absolute atomic E-state index is 6.67. The molecule has 104 valence electrons. The first-order valence-corrected chi connectivity index (χ1v) is 8.01. The minimum Gasteiger partial charge on any atom is -0.493 e. The molecule has 1 nitrogen and oxygen atoms in total. The summed E-state index contributed by atoms with van der Waals surface area (Å²) >= 11 is 16.3. The van der Waals surface area contributed by atoms with Crippen LogP contribution < -0.4 is 4.74 Å². The quantitative estimate of drug-likeness (QED) is 0.617. The highest BCUT2D eigenvalue weighted by Crippen LogP contribution is 2.42. The molecule has 0 spiro atoms. The molecule has 0 N–H and O–H groups in total. The normalized spacial score (nSPS) is 14.8. The van der Waals surface area contributed by atoms with Crippen LogP contribution in [0, 0.1) is 6.92 Å². The number of rotatable bonds is 2. The maximum Gasteiger partial charge on any atom is 0.127 e. The number of fused-ring (bicyclic) bond motifs is 1. The molecular weight excluding hydrogens is 359 g/mol. The number of aryl methyl sites for hydroxylation is 1. The summed E-state index contributed by atoms with van der Waals surface area (Å²) in [6.45, 7) is 2.73. The van der Waals surface area contributed by atoms with Gasteiger partial charge in [0, 0.05) is 21.5 Å². The summed E-state index contributed by atoms with van der Waals surface area (Å²) in [6, 6.07) is 10.0. The van der Waals surface area contributed by atoms with Crippen LogP contribution >= 0.6 is 39.1 Å². The van der Waals surface area contributed by atoms with Gasteiger partial charge in [0.1, 0.15) is 5.75 Å². The third-order valence-electron chi connectivity index (χ3n) is 3.41. The van der Waals surface area contributed by atoms with Gasteiger partial charge < -0.3 is 4.74 Å². The standard InChI is InChI=1S/C16H13BrCl2O/c1-9-4-11(7-13(18)5-9)15(19)14-8-12(17)6-10-2-3-20-16(10)14/h4-8,15H,2-3H2,1H3. The van der Waals surface area contributed by atoms with Crippen LogP contribution in [0.3, 0.4) is 0 Å². The highest BCUT2D eigenvalue weighted by atomic mass is 79.9. The van der Waals surface area contributed by atoms with E-state index in [2.05, 4.69) is 28.1 Å². The van der Waals surface area contributed by atoms with Crippen molar-refractivity contribution < 1.29 is 4.74 Å². The van der Waals surface area contributed by atoms with Crippen LogP contribution in [-0.4, -0.2) is 6.61 Å². The monoisotopic (exact) mass is 370 g/mol. The van der Waals surface area contributed by atoms with Crippen molar-refractivity contribution in [3.8, 4) is 5.75 Å². The number of hydrogen-bond acceptors (Lipinski definition) is 1. The first-order valence-electron chi connectivity index (χ1n) is 6.41. The average Bonchev–Trinajstić information content (AvgIpc) is 2.83. The smallest absolute Gasteiger partial charge is 0.127 e. The van der Waals surface area contributed by atoms with Crippen molar-refractivity contribution in [2.24, 2.45) is 0 Å². The Kier molecular flexibility index (Phi) is 3.98. The molecule has 0 aliphatic carbocycles. The van der Waals surface area contributed by atoms with Gasteiger partial charge in [-0.3, -0.25) is 0 Å². The van der Waals surface area contributed by atoms with Crippen molar-refractivity contribution in [1.82, 2.24) is 0 Å². The average molecular weight is 372 g/mol. The topological polar surface area (TPSA) is 9.23 Å². The van der Waals surface area contributed by atoms with Gasteiger partial charge in [-0.1, -0.05) is 33.6 Å². The molecular formula is C16H13BrCl2O. The van der Waals surface area contributed by atoms with Crippen LogP contribution in [0.2, 0.25) is 5.02 Å². The molecule has 0 amide bonds. The predicted molar refractivity (Wildman–Crippen MR) is 87.2 cm³/mol. The van der Waals surface area contributed by atoms with E-state index < -0.39 is 0 Å². The second-order valence-corrected chi connectivity index (χ2v) is 6.79. The molecule has 0 saturated heterocycles. The van der Waals surface area contributed by atoms with Gasteiger partial charge >= 0.3 is 0 Å². The van der Waals surface area contributed by atoms with E-state index in [1.807, 2.05) is 25.1 Å². The molecule has 3 rings (SSSR count). The number of ether oxygens (including phenoxy) is 1. The van der Waals surface area contributed by atoms with E-state index in [9.17, 15) is 0 Å². The summed E-state index contributed by atoms with van der Waals surface area (Å²) in [4.78, 5) is 0.